The van der Waals surface area contributed by atoms with Crippen LogP contribution < -0.4 is 10.6 Å². The molecule has 2 aromatic rings. The van der Waals surface area contributed by atoms with Crippen molar-refractivity contribution in [2.45, 2.75) is 53.1 Å². The van der Waals surface area contributed by atoms with E-state index in [9.17, 15) is 0 Å². The fraction of sp³-hybridized carbons (Fsp3) is 0.700. The third-order valence-corrected chi connectivity index (χ3v) is 5.58. The van der Waals surface area contributed by atoms with Crippen molar-refractivity contribution in [2.24, 2.45) is 10.9 Å². The Bertz CT molecular complexity index is 769. The first kappa shape index (κ1) is 21.3. The van der Waals surface area contributed by atoms with E-state index in [4.69, 9.17) is 4.42 Å². The Balaban J connectivity index is 1.34. The van der Waals surface area contributed by atoms with Crippen LogP contribution in [0.1, 0.15) is 42.9 Å². The maximum absolute atomic E-state index is 5.72. The first-order valence-electron chi connectivity index (χ1n) is 10.6. The predicted molar refractivity (Wildman–Crippen MR) is 113 cm³/mol. The maximum atomic E-state index is 5.72. The summed E-state index contributed by atoms with van der Waals surface area (Å²) in [4.78, 5) is 11.3. The molecule has 9 nitrogen and oxygen atoms in total. The zero-order valence-corrected chi connectivity index (χ0v) is 18.1. The molecule has 0 bridgehead atoms. The quantitative estimate of drug-likeness (QED) is 0.510. The van der Waals surface area contributed by atoms with Crippen molar-refractivity contribution in [3.05, 3.63) is 29.5 Å². The molecule has 1 aliphatic rings. The van der Waals surface area contributed by atoms with Crippen LogP contribution in [0, 0.1) is 19.8 Å². The van der Waals surface area contributed by atoms with Gasteiger partial charge in [0.2, 0.25) is 5.89 Å². The van der Waals surface area contributed by atoms with Gasteiger partial charge in [-0.2, -0.15) is 0 Å². The van der Waals surface area contributed by atoms with Crippen molar-refractivity contribution in [2.75, 3.05) is 33.2 Å². The molecule has 2 aromatic heterocycles. The number of likely N-dealkylation sites (tertiary alicyclic amines) is 1. The van der Waals surface area contributed by atoms with E-state index >= 15 is 0 Å². The van der Waals surface area contributed by atoms with E-state index in [0.29, 0.717) is 5.92 Å². The summed E-state index contributed by atoms with van der Waals surface area (Å²) >= 11 is 0. The number of nitrogens with zero attached hydrogens (tertiary/aromatic N) is 6. The van der Waals surface area contributed by atoms with Crippen LogP contribution in [0.25, 0.3) is 0 Å². The number of hydrogen-bond acceptors (Lipinski definition) is 6. The highest BCUT2D eigenvalue weighted by atomic mass is 16.4. The number of rotatable bonds is 8. The summed E-state index contributed by atoms with van der Waals surface area (Å²) in [5, 5.41) is 14.9. The third kappa shape index (κ3) is 6.03. The Morgan fingerprint density at radius 1 is 1.28 bits per heavy atom. The Hall–Kier alpha value is -2.42. The highest BCUT2D eigenvalue weighted by molar-refractivity contribution is 5.79. The van der Waals surface area contributed by atoms with Crippen LogP contribution in [0.15, 0.2) is 15.7 Å². The molecule has 1 fully saturated rings. The molecule has 29 heavy (non-hydrogen) atoms. The molecular formula is C20H34N8O. The number of aromatic nitrogens is 4. The second kappa shape index (κ2) is 10.4. The number of guanidine groups is 1. The summed E-state index contributed by atoms with van der Waals surface area (Å²) in [5.41, 5.74) is 0.994. The standard InChI is InChI=1S/C20H34N8O/c1-5-18-26-24-14-28(18)11-8-22-20(21-4)23-12-17-6-9-27(10-7-17)13-19-25-15(2)16(3)29-19/h14,17H,5-13H2,1-4H3,(H2,21,22,23). The molecule has 2 N–H and O–H groups in total. The SMILES string of the molecule is CCc1nncn1CCNC(=NC)NCC1CCN(Cc2nc(C)c(C)o2)CC1. The van der Waals surface area contributed by atoms with E-state index in [-0.39, 0.29) is 0 Å². The van der Waals surface area contributed by atoms with Gasteiger partial charge < -0.3 is 19.6 Å². The van der Waals surface area contributed by atoms with Crippen LogP contribution in [0.4, 0.5) is 0 Å². The molecule has 3 heterocycles. The number of piperidine rings is 1. The first-order valence-corrected chi connectivity index (χ1v) is 10.6. The monoisotopic (exact) mass is 402 g/mol. The molecule has 0 radical (unpaired) electrons. The summed E-state index contributed by atoms with van der Waals surface area (Å²) < 4.78 is 7.79. The van der Waals surface area contributed by atoms with Gasteiger partial charge in [-0.1, -0.05) is 6.92 Å². The average molecular weight is 403 g/mol. The lowest BCUT2D eigenvalue weighted by atomic mass is 9.97. The van der Waals surface area contributed by atoms with E-state index in [1.165, 1.54) is 12.8 Å². The summed E-state index contributed by atoms with van der Waals surface area (Å²) in [6, 6.07) is 0. The molecule has 1 aliphatic heterocycles. The Morgan fingerprint density at radius 2 is 2.07 bits per heavy atom. The zero-order valence-electron chi connectivity index (χ0n) is 18.1. The minimum Gasteiger partial charge on any atom is -0.444 e. The van der Waals surface area contributed by atoms with Gasteiger partial charge in [0.1, 0.15) is 17.9 Å². The van der Waals surface area contributed by atoms with Crippen molar-refractivity contribution in [1.29, 1.82) is 0 Å². The van der Waals surface area contributed by atoms with Gasteiger partial charge in [0.25, 0.3) is 0 Å². The second-order valence-electron chi connectivity index (χ2n) is 7.64. The lowest BCUT2D eigenvalue weighted by Crippen LogP contribution is -2.43. The minimum absolute atomic E-state index is 0.655. The smallest absolute Gasteiger partial charge is 0.208 e. The van der Waals surface area contributed by atoms with Gasteiger partial charge in [-0.25, -0.2) is 4.98 Å². The summed E-state index contributed by atoms with van der Waals surface area (Å²) in [7, 11) is 1.81. The second-order valence-corrected chi connectivity index (χ2v) is 7.64. The van der Waals surface area contributed by atoms with Crippen LogP contribution in [0.5, 0.6) is 0 Å². The molecule has 160 valence electrons. The van der Waals surface area contributed by atoms with Gasteiger partial charge in [0, 0.05) is 33.1 Å². The average Bonchev–Trinajstić information content (AvgIpc) is 3.31. The summed E-state index contributed by atoms with van der Waals surface area (Å²) in [5.74, 6) is 4.27. The van der Waals surface area contributed by atoms with E-state index in [2.05, 4.69) is 47.2 Å². The van der Waals surface area contributed by atoms with Gasteiger partial charge in [-0.15, -0.1) is 10.2 Å². The topological polar surface area (TPSA) is 96.4 Å². The fourth-order valence-electron chi connectivity index (χ4n) is 3.64. The molecule has 0 amide bonds. The molecule has 3 rings (SSSR count). The van der Waals surface area contributed by atoms with Gasteiger partial charge >= 0.3 is 0 Å². The molecule has 0 spiro atoms. The predicted octanol–water partition coefficient (Wildman–Crippen LogP) is 1.52. The zero-order chi connectivity index (χ0) is 20.6. The molecule has 0 atom stereocenters. The van der Waals surface area contributed by atoms with Crippen molar-refractivity contribution in [1.82, 2.24) is 35.3 Å². The first-order chi connectivity index (χ1) is 14.1. The molecule has 0 saturated carbocycles. The van der Waals surface area contributed by atoms with Crippen molar-refractivity contribution in [3.63, 3.8) is 0 Å². The van der Waals surface area contributed by atoms with Crippen LogP contribution >= 0.6 is 0 Å². The summed E-state index contributed by atoms with van der Waals surface area (Å²) in [6.07, 6.45) is 5.01. The Morgan fingerprint density at radius 3 is 2.72 bits per heavy atom. The molecule has 1 saturated heterocycles. The third-order valence-electron chi connectivity index (χ3n) is 5.58. The minimum atomic E-state index is 0.655. The molecular weight excluding hydrogens is 368 g/mol. The van der Waals surface area contributed by atoms with E-state index in [0.717, 1.165) is 74.8 Å². The summed E-state index contributed by atoms with van der Waals surface area (Å²) in [6.45, 7) is 11.6. The number of aliphatic imine (C=N–C) groups is 1. The molecule has 0 unspecified atom stereocenters. The number of aryl methyl sites for hydroxylation is 3. The highest BCUT2D eigenvalue weighted by Gasteiger charge is 2.21. The van der Waals surface area contributed by atoms with E-state index in [1.54, 1.807) is 6.33 Å². The largest absolute Gasteiger partial charge is 0.444 e. The fourth-order valence-corrected chi connectivity index (χ4v) is 3.64. The van der Waals surface area contributed by atoms with E-state index in [1.807, 2.05) is 20.9 Å². The van der Waals surface area contributed by atoms with Crippen molar-refractivity contribution >= 4 is 5.96 Å². The van der Waals surface area contributed by atoms with Gasteiger partial charge in [0.15, 0.2) is 5.96 Å². The van der Waals surface area contributed by atoms with E-state index < -0.39 is 0 Å². The van der Waals surface area contributed by atoms with Crippen LogP contribution in [0.2, 0.25) is 0 Å². The van der Waals surface area contributed by atoms with Crippen molar-refractivity contribution < 1.29 is 4.42 Å². The lowest BCUT2D eigenvalue weighted by molar-refractivity contribution is 0.164. The van der Waals surface area contributed by atoms with Crippen LogP contribution in [0.3, 0.4) is 0 Å². The Kier molecular flexibility index (Phi) is 7.62. The van der Waals surface area contributed by atoms with Gasteiger partial charge in [0.05, 0.1) is 12.2 Å². The van der Waals surface area contributed by atoms with Gasteiger partial charge in [-0.3, -0.25) is 9.89 Å². The molecule has 0 aromatic carbocycles. The van der Waals surface area contributed by atoms with Crippen LogP contribution in [-0.4, -0.2) is 63.8 Å². The highest BCUT2D eigenvalue weighted by Crippen LogP contribution is 2.19. The molecule has 0 aliphatic carbocycles. The molecule has 9 heteroatoms. The van der Waals surface area contributed by atoms with Crippen molar-refractivity contribution in [3.8, 4) is 0 Å². The lowest BCUT2D eigenvalue weighted by Gasteiger charge is -2.31. The van der Waals surface area contributed by atoms with Crippen LogP contribution in [-0.2, 0) is 19.5 Å². The Labute approximate surface area is 173 Å². The number of oxazole rings is 1. The normalized spacial score (nSPS) is 16.3. The maximum Gasteiger partial charge on any atom is 0.208 e. The number of hydrogen-bond donors (Lipinski definition) is 2. The number of nitrogens with one attached hydrogen (secondary N) is 2. The van der Waals surface area contributed by atoms with Gasteiger partial charge in [-0.05, 0) is 45.7 Å².